The fourth-order valence-electron chi connectivity index (χ4n) is 1.00. The van der Waals surface area contributed by atoms with Crippen molar-refractivity contribution in [2.45, 2.75) is 6.73 Å². The molecule has 1 aromatic heterocycles. The average Bonchev–Trinajstić information content (AvgIpc) is 2.74. The van der Waals surface area contributed by atoms with Crippen LogP contribution >= 0.6 is 0 Å². The fraction of sp³-hybridized carbons (Fsp3) is 0.444. The molecule has 0 aliphatic carbocycles. The maximum Gasteiger partial charge on any atom is 0.325 e. The molecular weight excluding hydrogens is 214 g/mol. The van der Waals surface area contributed by atoms with Crippen molar-refractivity contribution in [2.75, 3.05) is 20.8 Å². The summed E-state index contributed by atoms with van der Waals surface area (Å²) in [5.74, 6) is -0.940. The molecule has 0 saturated heterocycles. The first kappa shape index (κ1) is 12.2. The van der Waals surface area contributed by atoms with Crippen LogP contribution in [-0.4, -0.2) is 42.4 Å². The van der Waals surface area contributed by atoms with Crippen LogP contribution in [-0.2, 0) is 21.0 Å². The maximum absolute atomic E-state index is 11.4. The molecule has 0 aliphatic rings. The van der Waals surface area contributed by atoms with E-state index < -0.39 is 11.9 Å². The van der Waals surface area contributed by atoms with E-state index in [1.807, 2.05) is 0 Å². The van der Waals surface area contributed by atoms with Gasteiger partial charge in [0.1, 0.15) is 19.0 Å². The van der Waals surface area contributed by atoms with E-state index in [-0.39, 0.29) is 19.0 Å². The van der Waals surface area contributed by atoms with Gasteiger partial charge < -0.3 is 14.8 Å². The molecule has 0 unspecified atom stereocenters. The minimum Gasteiger partial charge on any atom is -0.468 e. The molecule has 7 heteroatoms. The Morgan fingerprint density at radius 2 is 2.25 bits per heavy atom. The molecule has 7 nitrogen and oxygen atoms in total. The van der Waals surface area contributed by atoms with Gasteiger partial charge in [0.2, 0.25) is 0 Å². The number of carbonyl (C=O) groups excluding carboxylic acids is 2. The summed E-state index contributed by atoms with van der Waals surface area (Å²) >= 11 is 0. The van der Waals surface area contributed by atoms with E-state index in [1.54, 1.807) is 6.20 Å². The Bertz CT molecular complexity index is 375. The molecule has 16 heavy (non-hydrogen) atoms. The zero-order valence-corrected chi connectivity index (χ0v) is 9.10. The van der Waals surface area contributed by atoms with Gasteiger partial charge in [0.25, 0.3) is 5.91 Å². The zero-order valence-electron chi connectivity index (χ0n) is 9.10. The van der Waals surface area contributed by atoms with E-state index in [1.165, 1.54) is 25.0 Å². The highest BCUT2D eigenvalue weighted by atomic mass is 16.5. The molecule has 1 N–H and O–H groups in total. The van der Waals surface area contributed by atoms with Gasteiger partial charge in [0, 0.05) is 13.3 Å². The number of methoxy groups -OCH3 is 2. The molecule has 1 amide bonds. The van der Waals surface area contributed by atoms with Crippen LogP contribution in [0, 0.1) is 0 Å². The van der Waals surface area contributed by atoms with E-state index in [2.05, 4.69) is 15.2 Å². The number of hydrogen-bond acceptors (Lipinski definition) is 5. The normalized spacial score (nSPS) is 9.88. The van der Waals surface area contributed by atoms with Gasteiger partial charge in [-0.25, -0.2) is 4.68 Å². The number of esters is 1. The molecule has 0 bridgehead atoms. The second kappa shape index (κ2) is 5.86. The Kier molecular flexibility index (Phi) is 4.46. The van der Waals surface area contributed by atoms with Crippen molar-refractivity contribution >= 4 is 11.9 Å². The lowest BCUT2D eigenvalue weighted by Gasteiger charge is -2.01. The molecule has 1 rings (SSSR count). The van der Waals surface area contributed by atoms with Gasteiger partial charge in [0.05, 0.1) is 7.11 Å². The number of nitrogens with zero attached hydrogens (tertiary/aromatic N) is 2. The van der Waals surface area contributed by atoms with Crippen molar-refractivity contribution in [3.63, 3.8) is 0 Å². The van der Waals surface area contributed by atoms with E-state index >= 15 is 0 Å². The molecule has 88 valence electrons. The lowest BCUT2D eigenvalue weighted by atomic mass is 10.4. The highest BCUT2D eigenvalue weighted by Gasteiger charge is 2.10. The summed E-state index contributed by atoms with van der Waals surface area (Å²) in [6.45, 7) is 0.0940. The predicted octanol–water partition coefficient (Wildman–Crippen LogP) is -0.610. The minimum absolute atomic E-state index is 0.174. The van der Waals surface area contributed by atoms with Gasteiger partial charge in [-0.2, -0.15) is 5.10 Å². The minimum atomic E-state index is -0.510. The molecule has 0 atom stereocenters. The van der Waals surface area contributed by atoms with E-state index in [0.29, 0.717) is 0 Å². The van der Waals surface area contributed by atoms with Crippen LogP contribution in [0.1, 0.15) is 10.5 Å². The number of amides is 1. The maximum atomic E-state index is 11.4. The molecule has 1 heterocycles. The zero-order chi connectivity index (χ0) is 12.0. The van der Waals surface area contributed by atoms with Crippen LogP contribution in [0.25, 0.3) is 0 Å². The lowest BCUT2D eigenvalue weighted by molar-refractivity contribution is -0.139. The molecule has 0 spiro atoms. The highest BCUT2D eigenvalue weighted by Crippen LogP contribution is 1.95. The van der Waals surface area contributed by atoms with Crippen LogP contribution in [0.4, 0.5) is 0 Å². The topological polar surface area (TPSA) is 82.5 Å². The van der Waals surface area contributed by atoms with Gasteiger partial charge in [-0.15, -0.1) is 0 Å². The van der Waals surface area contributed by atoms with Crippen molar-refractivity contribution in [1.82, 2.24) is 15.1 Å². The van der Waals surface area contributed by atoms with Crippen molar-refractivity contribution in [3.05, 3.63) is 18.0 Å². The first-order valence-corrected chi connectivity index (χ1v) is 4.54. The summed E-state index contributed by atoms with van der Waals surface area (Å²) in [5.41, 5.74) is 0.223. The number of nitrogens with one attached hydrogen (secondary N) is 1. The van der Waals surface area contributed by atoms with Gasteiger partial charge in [-0.05, 0) is 6.07 Å². The molecule has 0 aromatic carbocycles. The third-order valence-electron chi connectivity index (χ3n) is 1.76. The summed E-state index contributed by atoms with van der Waals surface area (Å²) in [5, 5.41) is 6.31. The molecule has 0 saturated carbocycles. The first-order valence-electron chi connectivity index (χ1n) is 4.54. The SMILES string of the molecule is COCn1ccc(C(=O)NCC(=O)OC)n1. The van der Waals surface area contributed by atoms with Crippen LogP contribution < -0.4 is 5.32 Å². The van der Waals surface area contributed by atoms with Crippen LogP contribution in [0.15, 0.2) is 12.3 Å². The van der Waals surface area contributed by atoms with Gasteiger partial charge >= 0.3 is 5.97 Å². The average molecular weight is 227 g/mol. The summed E-state index contributed by atoms with van der Waals surface area (Å²) < 4.78 is 10.7. The molecule has 0 aliphatic heterocycles. The third-order valence-corrected chi connectivity index (χ3v) is 1.76. The van der Waals surface area contributed by atoms with Gasteiger partial charge in [-0.3, -0.25) is 9.59 Å². The quantitative estimate of drug-likeness (QED) is 0.678. The Morgan fingerprint density at radius 3 is 2.88 bits per heavy atom. The van der Waals surface area contributed by atoms with Crippen molar-refractivity contribution < 1.29 is 19.1 Å². The van der Waals surface area contributed by atoms with Crippen LogP contribution in [0.5, 0.6) is 0 Å². The smallest absolute Gasteiger partial charge is 0.325 e. The second-order valence-corrected chi connectivity index (χ2v) is 2.92. The Labute approximate surface area is 92.3 Å². The summed E-state index contributed by atoms with van der Waals surface area (Å²) in [7, 11) is 2.78. The van der Waals surface area contributed by atoms with E-state index in [0.717, 1.165) is 0 Å². The third kappa shape index (κ3) is 3.35. The summed E-state index contributed by atoms with van der Waals surface area (Å²) in [6.07, 6.45) is 1.61. The number of carbonyl (C=O) groups is 2. The molecule has 1 aromatic rings. The Balaban J connectivity index is 2.49. The monoisotopic (exact) mass is 227 g/mol. The Hall–Kier alpha value is -1.89. The van der Waals surface area contributed by atoms with Crippen molar-refractivity contribution in [3.8, 4) is 0 Å². The Morgan fingerprint density at radius 1 is 1.50 bits per heavy atom. The molecule has 0 radical (unpaired) electrons. The predicted molar refractivity (Wildman–Crippen MR) is 53.6 cm³/mol. The number of ether oxygens (including phenoxy) is 2. The largest absolute Gasteiger partial charge is 0.468 e. The number of rotatable bonds is 5. The molecule has 0 fully saturated rings. The molecular formula is C9H13N3O4. The van der Waals surface area contributed by atoms with Crippen LogP contribution in [0.3, 0.4) is 0 Å². The fourth-order valence-corrected chi connectivity index (χ4v) is 1.00. The summed E-state index contributed by atoms with van der Waals surface area (Å²) in [4.78, 5) is 22.2. The highest BCUT2D eigenvalue weighted by molar-refractivity contribution is 5.94. The summed E-state index contributed by atoms with van der Waals surface area (Å²) in [6, 6.07) is 1.53. The second-order valence-electron chi connectivity index (χ2n) is 2.92. The standard InChI is InChI=1S/C9H13N3O4/c1-15-6-12-4-3-7(11-12)9(14)10-5-8(13)16-2/h3-4H,5-6H2,1-2H3,(H,10,14). The number of hydrogen-bond donors (Lipinski definition) is 1. The van der Waals surface area contributed by atoms with Gasteiger partial charge in [-0.1, -0.05) is 0 Å². The first-order chi connectivity index (χ1) is 7.67. The lowest BCUT2D eigenvalue weighted by Crippen LogP contribution is -2.30. The van der Waals surface area contributed by atoms with E-state index in [4.69, 9.17) is 4.74 Å². The van der Waals surface area contributed by atoms with Crippen LogP contribution in [0.2, 0.25) is 0 Å². The van der Waals surface area contributed by atoms with E-state index in [9.17, 15) is 9.59 Å². The van der Waals surface area contributed by atoms with Crippen molar-refractivity contribution in [2.24, 2.45) is 0 Å². The van der Waals surface area contributed by atoms with Crippen molar-refractivity contribution in [1.29, 1.82) is 0 Å². The van der Waals surface area contributed by atoms with Gasteiger partial charge in [0.15, 0.2) is 0 Å². The number of aromatic nitrogens is 2.